The Morgan fingerprint density at radius 3 is 2.41 bits per heavy atom. The normalized spacial score (nSPS) is 30.8. The van der Waals surface area contributed by atoms with Crippen LogP contribution in [0.2, 0.25) is 0 Å². The van der Waals surface area contributed by atoms with Crippen LogP contribution in [0.25, 0.3) is 0 Å². The number of aliphatic carboxylic acids is 1. The molecule has 1 amide bonds. The van der Waals surface area contributed by atoms with Crippen LogP contribution in [0.5, 0.6) is 5.75 Å². The number of ether oxygens (including phenoxy) is 2. The molecule has 3 fully saturated rings. The minimum Gasteiger partial charge on any atom is -0.497 e. The van der Waals surface area contributed by atoms with Crippen molar-refractivity contribution in [1.82, 2.24) is 9.80 Å². The van der Waals surface area contributed by atoms with Gasteiger partial charge < -0.3 is 24.8 Å². The van der Waals surface area contributed by atoms with Crippen molar-refractivity contribution in [3.05, 3.63) is 59.2 Å². The zero-order valence-corrected chi connectivity index (χ0v) is 27.7. The monoisotopic (exact) mass is 759 g/mol. The molecule has 0 saturated carbocycles. The molecule has 46 heavy (non-hydrogen) atoms. The molecule has 4 aliphatic heterocycles. The Labute approximate surface area is 278 Å². The summed E-state index contributed by atoms with van der Waals surface area (Å²) in [6.45, 7) is 1.73. The summed E-state index contributed by atoms with van der Waals surface area (Å²) < 4.78 is 68.7. The number of anilines is 1. The second kappa shape index (κ2) is 12.8. The molecule has 4 aliphatic rings. The summed E-state index contributed by atoms with van der Waals surface area (Å²) in [5.41, 5.74) is -1.58. The van der Waals surface area contributed by atoms with E-state index < -0.39 is 50.5 Å². The molecule has 2 N–H and O–H groups in total. The zero-order valence-electron chi connectivity index (χ0n) is 25.5. The molecule has 2 aromatic carbocycles. The van der Waals surface area contributed by atoms with Crippen molar-refractivity contribution >= 4 is 40.2 Å². The first-order valence-electron chi connectivity index (χ1n) is 15.6. The van der Waals surface area contributed by atoms with Crippen LogP contribution in [-0.2, 0) is 20.5 Å². The fourth-order valence-corrected chi connectivity index (χ4v) is 9.25. The van der Waals surface area contributed by atoms with E-state index in [-0.39, 0.29) is 50.7 Å². The van der Waals surface area contributed by atoms with Crippen LogP contribution >= 0.6 is 22.6 Å². The number of fused-ring (bicyclic) bond motifs is 3. The number of methoxy groups -OCH3 is 1. The topological polar surface area (TPSA) is 91.3 Å². The zero-order chi connectivity index (χ0) is 32.9. The number of nitrogens with zero attached hydrogens (tertiary/aromatic N) is 2. The lowest BCUT2D eigenvalue weighted by Crippen LogP contribution is -2.51. The van der Waals surface area contributed by atoms with E-state index in [0.717, 1.165) is 25.0 Å². The van der Waals surface area contributed by atoms with Crippen molar-refractivity contribution in [2.24, 2.45) is 5.92 Å². The molecule has 0 radical (unpaired) electrons. The number of carboxylic acid groups (broad SMARTS) is 1. The summed E-state index contributed by atoms with van der Waals surface area (Å²) in [6, 6.07) is 10.7. The maximum Gasteiger partial charge on any atom is 0.416 e. The van der Waals surface area contributed by atoms with E-state index >= 15 is 4.39 Å². The SMILES string of the molecule is COc1ccc([C@@H]2CN(C3CCOCC3)C[C@@]2(F)C(=O)N2C[C@@H]3c4ccc(C(F)(F)F)cc4NCCC(C(=O)O)C[C@]3(I)C2)cc1. The fraction of sp³-hybridized carbons (Fsp3) is 0.576. The van der Waals surface area contributed by atoms with Crippen LogP contribution in [0.1, 0.15) is 54.2 Å². The number of carbonyl (C=O) groups is 2. The molecule has 3 saturated heterocycles. The van der Waals surface area contributed by atoms with Crippen LogP contribution < -0.4 is 10.1 Å². The highest BCUT2D eigenvalue weighted by atomic mass is 127. The maximum atomic E-state index is 17.7. The molecule has 4 heterocycles. The number of benzene rings is 2. The summed E-state index contributed by atoms with van der Waals surface area (Å²) in [4.78, 5) is 30.4. The van der Waals surface area contributed by atoms with Gasteiger partial charge in [-0.05, 0) is 61.1 Å². The Hall–Kier alpha value is -2.65. The maximum absolute atomic E-state index is 17.7. The lowest BCUT2D eigenvalue weighted by molar-refractivity contribution is -0.143. The molecule has 250 valence electrons. The third kappa shape index (κ3) is 6.30. The van der Waals surface area contributed by atoms with Crippen LogP contribution in [0, 0.1) is 5.92 Å². The highest BCUT2D eigenvalue weighted by Crippen LogP contribution is 2.52. The minimum absolute atomic E-state index is 0.0619. The molecule has 6 rings (SSSR count). The van der Waals surface area contributed by atoms with E-state index in [1.165, 1.54) is 11.0 Å². The highest BCUT2D eigenvalue weighted by molar-refractivity contribution is 14.1. The fourth-order valence-electron chi connectivity index (χ4n) is 7.77. The number of carbonyl (C=O) groups excluding carboxylic acids is 1. The Balaban J connectivity index is 1.36. The van der Waals surface area contributed by atoms with Crippen molar-refractivity contribution < 1.29 is 41.7 Å². The smallest absolute Gasteiger partial charge is 0.416 e. The van der Waals surface area contributed by atoms with E-state index in [2.05, 4.69) is 32.8 Å². The first-order chi connectivity index (χ1) is 21.8. The molecule has 2 aromatic rings. The van der Waals surface area contributed by atoms with E-state index in [1.807, 2.05) is 0 Å². The number of rotatable bonds is 5. The van der Waals surface area contributed by atoms with Gasteiger partial charge in [0.2, 0.25) is 5.67 Å². The Kier molecular flexibility index (Phi) is 9.22. The largest absolute Gasteiger partial charge is 0.497 e. The molecule has 0 spiro atoms. The summed E-state index contributed by atoms with van der Waals surface area (Å²) >= 11 is 2.18. The molecular formula is C33H38F4IN3O5. The minimum atomic E-state index is -4.56. The number of halogens is 5. The second-order valence-electron chi connectivity index (χ2n) is 13.0. The first-order valence-corrected chi connectivity index (χ1v) is 16.7. The van der Waals surface area contributed by atoms with Crippen molar-refractivity contribution in [3.63, 3.8) is 0 Å². The van der Waals surface area contributed by atoms with Crippen molar-refractivity contribution in [2.75, 3.05) is 58.4 Å². The molecule has 0 bridgehead atoms. The standard InChI is InChI=1S/C33H38F4IN3O5/c1-45-24-5-2-20(3-6-24)26-16-40(23-9-12-46-13-10-23)19-32(26,34)30(44)41-17-27-25-7-4-22(33(35,36)37)14-28(25)39-11-8-21(29(42)43)15-31(27,38)18-41/h2-7,14,21,23,26-27,39H,8-13,15-19H2,1H3,(H,42,43)/t21?,26-,27+,31-,32-/m0/s1. The van der Waals surface area contributed by atoms with Crippen molar-refractivity contribution in [3.8, 4) is 5.75 Å². The van der Waals surface area contributed by atoms with Crippen LogP contribution in [-0.4, -0.2) is 95.0 Å². The average Bonchev–Trinajstić information content (AvgIpc) is 3.58. The van der Waals surface area contributed by atoms with Crippen molar-refractivity contribution in [2.45, 2.75) is 58.8 Å². The number of hydrogen-bond donors (Lipinski definition) is 2. The average molecular weight is 760 g/mol. The molecule has 0 aromatic heterocycles. The number of hydrogen-bond acceptors (Lipinski definition) is 6. The Bertz CT molecular complexity index is 1460. The second-order valence-corrected chi connectivity index (χ2v) is 15.1. The van der Waals surface area contributed by atoms with E-state index in [9.17, 15) is 27.9 Å². The number of carboxylic acids is 1. The van der Waals surface area contributed by atoms with Gasteiger partial charge in [-0.15, -0.1) is 0 Å². The molecule has 0 aliphatic carbocycles. The van der Waals surface area contributed by atoms with Crippen LogP contribution in [0.4, 0.5) is 23.2 Å². The van der Waals surface area contributed by atoms with Gasteiger partial charge in [-0.1, -0.05) is 40.8 Å². The van der Waals surface area contributed by atoms with Gasteiger partial charge in [0, 0.05) is 72.9 Å². The van der Waals surface area contributed by atoms with Gasteiger partial charge >= 0.3 is 12.1 Å². The quantitative estimate of drug-likeness (QED) is 0.230. The molecule has 5 atom stereocenters. The molecule has 8 nitrogen and oxygen atoms in total. The van der Waals surface area contributed by atoms with E-state index in [4.69, 9.17) is 9.47 Å². The van der Waals surface area contributed by atoms with Gasteiger partial charge in [0.15, 0.2) is 0 Å². The van der Waals surface area contributed by atoms with E-state index in [1.54, 1.807) is 31.4 Å². The lowest BCUT2D eigenvalue weighted by atomic mass is 9.81. The predicted octanol–water partition coefficient (Wildman–Crippen LogP) is 5.71. The molecule has 13 heteroatoms. The third-order valence-corrected chi connectivity index (χ3v) is 11.8. The summed E-state index contributed by atoms with van der Waals surface area (Å²) in [7, 11) is 1.55. The molecule has 1 unspecified atom stereocenters. The Morgan fingerprint density at radius 1 is 1.04 bits per heavy atom. The Morgan fingerprint density at radius 2 is 1.76 bits per heavy atom. The van der Waals surface area contributed by atoms with Gasteiger partial charge in [-0.25, -0.2) is 4.39 Å². The van der Waals surface area contributed by atoms with Gasteiger partial charge in [0.25, 0.3) is 5.91 Å². The lowest BCUT2D eigenvalue weighted by Gasteiger charge is -2.33. The van der Waals surface area contributed by atoms with Gasteiger partial charge in [-0.2, -0.15) is 13.2 Å². The predicted molar refractivity (Wildman–Crippen MR) is 171 cm³/mol. The third-order valence-electron chi connectivity index (χ3n) is 10.3. The number of amides is 1. The summed E-state index contributed by atoms with van der Waals surface area (Å²) in [5, 5.41) is 13.1. The van der Waals surface area contributed by atoms with Gasteiger partial charge in [0.1, 0.15) is 5.75 Å². The van der Waals surface area contributed by atoms with Gasteiger partial charge in [0.05, 0.1) is 18.6 Å². The first kappa shape index (κ1) is 33.3. The van der Waals surface area contributed by atoms with Crippen LogP contribution in [0.3, 0.4) is 0 Å². The van der Waals surface area contributed by atoms with Crippen molar-refractivity contribution in [1.29, 1.82) is 0 Å². The van der Waals surface area contributed by atoms with E-state index in [0.29, 0.717) is 36.6 Å². The van der Waals surface area contributed by atoms with Crippen LogP contribution in [0.15, 0.2) is 42.5 Å². The van der Waals surface area contributed by atoms with Gasteiger partial charge in [-0.3, -0.25) is 14.5 Å². The number of likely N-dealkylation sites (tertiary alicyclic amines) is 2. The highest BCUT2D eigenvalue weighted by Gasteiger charge is 2.59. The number of nitrogens with one attached hydrogen (secondary N) is 1. The number of alkyl halides is 5. The molecular weight excluding hydrogens is 721 g/mol. The summed E-state index contributed by atoms with van der Waals surface area (Å²) in [6.07, 6.45) is -2.70. The summed E-state index contributed by atoms with van der Waals surface area (Å²) in [5.74, 6) is -3.13.